The molecule has 0 spiro atoms. The minimum atomic E-state index is -1.19. The van der Waals surface area contributed by atoms with Gasteiger partial charge in [0.1, 0.15) is 17.1 Å². The third-order valence-electron chi connectivity index (χ3n) is 3.84. The summed E-state index contributed by atoms with van der Waals surface area (Å²) < 4.78 is 10.8. The minimum Gasteiger partial charge on any atom is -0.496 e. The van der Waals surface area contributed by atoms with E-state index in [4.69, 9.17) is 9.47 Å². The van der Waals surface area contributed by atoms with E-state index in [-0.39, 0.29) is 0 Å². The average molecular weight is 286 g/mol. The molecule has 0 aliphatic rings. The zero-order valence-corrected chi connectivity index (χ0v) is 13.0. The van der Waals surface area contributed by atoms with E-state index in [0.717, 1.165) is 12.0 Å². The monoisotopic (exact) mass is 286 g/mol. The molecule has 3 nitrogen and oxygen atoms in total. The van der Waals surface area contributed by atoms with Crippen molar-refractivity contribution < 1.29 is 14.6 Å². The Morgan fingerprint density at radius 2 is 1.48 bits per heavy atom. The standard InChI is InChI=1S/C18H22O3/c1-5-13-9-11-14(12-10-13)18(2,19)17-15(20-3)7-6-8-16(17)21-4/h6-12,19H,5H2,1-4H3. The third kappa shape index (κ3) is 2.88. The van der Waals surface area contributed by atoms with Crippen LogP contribution in [0.1, 0.15) is 30.5 Å². The maximum atomic E-state index is 11.1. The number of benzene rings is 2. The smallest absolute Gasteiger partial charge is 0.129 e. The molecule has 0 aliphatic carbocycles. The summed E-state index contributed by atoms with van der Waals surface area (Å²) in [6.45, 7) is 3.87. The normalized spacial score (nSPS) is 13.6. The number of methoxy groups -OCH3 is 2. The first-order valence-electron chi connectivity index (χ1n) is 7.07. The van der Waals surface area contributed by atoms with E-state index in [9.17, 15) is 5.11 Å². The second kappa shape index (κ2) is 6.19. The maximum Gasteiger partial charge on any atom is 0.129 e. The highest BCUT2D eigenvalue weighted by molar-refractivity contribution is 5.52. The van der Waals surface area contributed by atoms with Crippen LogP contribution in [0, 0.1) is 0 Å². The van der Waals surface area contributed by atoms with Gasteiger partial charge in [0.15, 0.2) is 0 Å². The summed E-state index contributed by atoms with van der Waals surface area (Å²) in [7, 11) is 3.18. The lowest BCUT2D eigenvalue weighted by atomic mass is 9.86. The molecule has 1 atom stereocenters. The van der Waals surface area contributed by atoms with E-state index in [2.05, 4.69) is 6.92 Å². The number of hydrogen-bond acceptors (Lipinski definition) is 3. The highest BCUT2D eigenvalue weighted by Crippen LogP contribution is 2.41. The molecule has 0 bridgehead atoms. The summed E-state index contributed by atoms with van der Waals surface area (Å²) in [6, 6.07) is 13.5. The van der Waals surface area contributed by atoms with Crippen molar-refractivity contribution in [1.82, 2.24) is 0 Å². The molecule has 0 aromatic heterocycles. The molecule has 2 aromatic rings. The van der Waals surface area contributed by atoms with Crippen molar-refractivity contribution in [3.8, 4) is 11.5 Å². The minimum absolute atomic E-state index is 0.610. The molecule has 1 N–H and O–H groups in total. The fourth-order valence-corrected chi connectivity index (χ4v) is 2.54. The van der Waals surface area contributed by atoms with Gasteiger partial charge in [-0.15, -0.1) is 0 Å². The molecule has 21 heavy (non-hydrogen) atoms. The van der Waals surface area contributed by atoms with Gasteiger partial charge in [-0.2, -0.15) is 0 Å². The lowest BCUT2D eigenvalue weighted by Crippen LogP contribution is -2.24. The molecule has 3 heteroatoms. The Bertz CT molecular complexity index is 578. The van der Waals surface area contributed by atoms with Crippen LogP contribution in [-0.2, 0) is 12.0 Å². The van der Waals surface area contributed by atoms with Gasteiger partial charge >= 0.3 is 0 Å². The molecule has 0 radical (unpaired) electrons. The molecular formula is C18H22O3. The van der Waals surface area contributed by atoms with Crippen molar-refractivity contribution in [3.05, 3.63) is 59.2 Å². The van der Waals surface area contributed by atoms with Gasteiger partial charge in [-0.05, 0) is 36.6 Å². The lowest BCUT2D eigenvalue weighted by molar-refractivity contribution is 0.0955. The molecule has 2 rings (SSSR count). The Morgan fingerprint density at radius 1 is 0.952 bits per heavy atom. The van der Waals surface area contributed by atoms with Crippen LogP contribution in [0.5, 0.6) is 11.5 Å². The van der Waals surface area contributed by atoms with Gasteiger partial charge in [-0.1, -0.05) is 37.3 Å². The summed E-state index contributed by atoms with van der Waals surface area (Å²) in [6.07, 6.45) is 0.973. The second-order valence-electron chi connectivity index (χ2n) is 5.16. The number of aliphatic hydroxyl groups is 1. The molecule has 112 valence electrons. The molecule has 0 saturated carbocycles. The first-order valence-corrected chi connectivity index (χ1v) is 7.07. The molecular weight excluding hydrogens is 264 g/mol. The fourth-order valence-electron chi connectivity index (χ4n) is 2.54. The van der Waals surface area contributed by atoms with Gasteiger partial charge < -0.3 is 14.6 Å². The quantitative estimate of drug-likeness (QED) is 0.914. The maximum absolute atomic E-state index is 11.1. The largest absolute Gasteiger partial charge is 0.496 e. The van der Waals surface area contributed by atoms with Crippen molar-refractivity contribution in [3.63, 3.8) is 0 Å². The number of rotatable bonds is 5. The Labute approximate surface area is 126 Å². The van der Waals surface area contributed by atoms with Gasteiger partial charge in [-0.25, -0.2) is 0 Å². The van der Waals surface area contributed by atoms with E-state index in [0.29, 0.717) is 17.1 Å². The zero-order chi connectivity index (χ0) is 15.5. The SMILES string of the molecule is CCc1ccc(C(C)(O)c2c(OC)cccc2OC)cc1. The van der Waals surface area contributed by atoms with Crippen molar-refractivity contribution >= 4 is 0 Å². The third-order valence-corrected chi connectivity index (χ3v) is 3.84. The molecule has 0 saturated heterocycles. The van der Waals surface area contributed by atoms with E-state index in [1.807, 2.05) is 42.5 Å². The van der Waals surface area contributed by atoms with Crippen molar-refractivity contribution in [2.45, 2.75) is 25.9 Å². The molecule has 0 aliphatic heterocycles. The van der Waals surface area contributed by atoms with Gasteiger partial charge in [0.05, 0.1) is 19.8 Å². The van der Waals surface area contributed by atoms with Crippen LogP contribution in [0.25, 0.3) is 0 Å². The molecule has 1 unspecified atom stereocenters. The fraction of sp³-hybridized carbons (Fsp3) is 0.333. The average Bonchev–Trinajstić information content (AvgIpc) is 2.53. The van der Waals surface area contributed by atoms with E-state index < -0.39 is 5.60 Å². The van der Waals surface area contributed by atoms with Crippen LogP contribution in [0.3, 0.4) is 0 Å². The lowest BCUT2D eigenvalue weighted by Gasteiger charge is -2.28. The molecule has 0 heterocycles. The van der Waals surface area contributed by atoms with E-state index in [1.165, 1.54) is 5.56 Å². The number of hydrogen-bond donors (Lipinski definition) is 1. The summed E-state index contributed by atoms with van der Waals surface area (Å²) in [5.74, 6) is 1.22. The highest BCUT2D eigenvalue weighted by Gasteiger charge is 2.32. The predicted octanol–water partition coefficient (Wildman–Crippen LogP) is 3.52. The second-order valence-corrected chi connectivity index (χ2v) is 5.16. The summed E-state index contributed by atoms with van der Waals surface area (Å²) in [4.78, 5) is 0. The van der Waals surface area contributed by atoms with Crippen LogP contribution in [-0.4, -0.2) is 19.3 Å². The van der Waals surface area contributed by atoms with Crippen LogP contribution in [0.15, 0.2) is 42.5 Å². The van der Waals surface area contributed by atoms with Gasteiger partial charge in [0, 0.05) is 0 Å². The van der Waals surface area contributed by atoms with Gasteiger partial charge in [0.25, 0.3) is 0 Å². The molecule has 2 aromatic carbocycles. The Hall–Kier alpha value is -2.00. The van der Waals surface area contributed by atoms with Crippen LogP contribution < -0.4 is 9.47 Å². The van der Waals surface area contributed by atoms with Crippen molar-refractivity contribution in [2.24, 2.45) is 0 Å². The summed E-state index contributed by atoms with van der Waals surface area (Å²) in [5, 5.41) is 11.1. The summed E-state index contributed by atoms with van der Waals surface area (Å²) in [5.41, 5.74) is 1.49. The topological polar surface area (TPSA) is 38.7 Å². The van der Waals surface area contributed by atoms with Gasteiger partial charge in [0.2, 0.25) is 0 Å². The summed E-state index contributed by atoms with van der Waals surface area (Å²) >= 11 is 0. The zero-order valence-electron chi connectivity index (χ0n) is 13.0. The number of aryl methyl sites for hydroxylation is 1. The van der Waals surface area contributed by atoms with Gasteiger partial charge in [-0.3, -0.25) is 0 Å². The Balaban J connectivity index is 2.56. The highest BCUT2D eigenvalue weighted by atomic mass is 16.5. The predicted molar refractivity (Wildman–Crippen MR) is 84.0 cm³/mol. The molecule has 0 fully saturated rings. The van der Waals surface area contributed by atoms with Crippen LogP contribution >= 0.6 is 0 Å². The van der Waals surface area contributed by atoms with E-state index >= 15 is 0 Å². The van der Waals surface area contributed by atoms with Crippen molar-refractivity contribution in [2.75, 3.05) is 14.2 Å². The Morgan fingerprint density at radius 3 is 1.90 bits per heavy atom. The van der Waals surface area contributed by atoms with Crippen LogP contribution in [0.4, 0.5) is 0 Å². The van der Waals surface area contributed by atoms with E-state index in [1.54, 1.807) is 21.1 Å². The first-order chi connectivity index (χ1) is 10.0. The number of ether oxygens (including phenoxy) is 2. The first kappa shape index (κ1) is 15.4. The van der Waals surface area contributed by atoms with Crippen molar-refractivity contribution in [1.29, 1.82) is 0 Å². The Kier molecular flexibility index (Phi) is 4.53. The molecule has 0 amide bonds. The van der Waals surface area contributed by atoms with Crippen LogP contribution in [0.2, 0.25) is 0 Å².